The van der Waals surface area contributed by atoms with E-state index in [9.17, 15) is 4.79 Å². The summed E-state index contributed by atoms with van der Waals surface area (Å²) in [5.41, 5.74) is 5.16. The number of benzene rings is 2. The summed E-state index contributed by atoms with van der Waals surface area (Å²) in [6.45, 7) is 1.97. The molecule has 0 aliphatic carbocycles. The highest BCUT2D eigenvalue weighted by molar-refractivity contribution is 6.05. The molecule has 4 rings (SSSR count). The first kappa shape index (κ1) is 17.7. The Morgan fingerprint density at radius 1 is 1.11 bits per heavy atom. The summed E-state index contributed by atoms with van der Waals surface area (Å²) in [5.74, 6) is 0.506. The number of imidazole rings is 1. The number of nitrogens with one attached hydrogen (secondary N) is 1. The average molecular weight is 371 g/mol. The van der Waals surface area contributed by atoms with E-state index in [0.29, 0.717) is 11.3 Å². The van der Waals surface area contributed by atoms with E-state index in [1.54, 1.807) is 6.20 Å². The van der Waals surface area contributed by atoms with E-state index in [-0.39, 0.29) is 5.91 Å². The average Bonchev–Trinajstić information content (AvgIpc) is 3.14. The van der Waals surface area contributed by atoms with E-state index in [2.05, 4.69) is 15.3 Å². The summed E-state index contributed by atoms with van der Waals surface area (Å²) in [7, 11) is 3.94. The number of fused-ring (bicyclic) bond motifs is 1. The Hall–Kier alpha value is -3.67. The van der Waals surface area contributed by atoms with Gasteiger partial charge >= 0.3 is 0 Å². The number of carbonyl (C=O) groups excluding carboxylic acids is 1. The molecule has 0 aliphatic heterocycles. The summed E-state index contributed by atoms with van der Waals surface area (Å²) in [4.78, 5) is 23.5. The van der Waals surface area contributed by atoms with Gasteiger partial charge in [0.15, 0.2) is 0 Å². The molecule has 0 bridgehead atoms. The second kappa shape index (κ2) is 7.15. The van der Waals surface area contributed by atoms with Gasteiger partial charge in [0, 0.05) is 55.2 Å². The van der Waals surface area contributed by atoms with Gasteiger partial charge in [-0.3, -0.25) is 9.20 Å². The minimum atomic E-state index is -0.137. The highest BCUT2D eigenvalue weighted by atomic mass is 16.1. The molecule has 4 aromatic rings. The van der Waals surface area contributed by atoms with Crippen LogP contribution >= 0.6 is 0 Å². The minimum absolute atomic E-state index is 0.137. The predicted octanol–water partition coefficient (Wildman–Crippen LogP) is 4.02. The van der Waals surface area contributed by atoms with Crippen molar-refractivity contribution >= 4 is 23.1 Å². The van der Waals surface area contributed by atoms with E-state index in [0.717, 1.165) is 28.2 Å². The van der Waals surface area contributed by atoms with Crippen LogP contribution in [0.15, 0.2) is 67.1 Å². The van der Waals surface area contributed by atoms with E-state index in [1.807, 2.05) is 91.2 Å². The Bertz CT molecular complexity index is 1110. The van der Waals surface area contributed by atoms with Crippen LogP contribution in [0.25, 0.3) is 17.0 Å². The van der Waals surface area contributed by atoms with Crippen molar-refractivity contribution < 1.29 is 4.79 Å². The van der Waals surface area contributed by atoms with Gasteiger partial charge in [-0.15, -0.1) is 0 Å². The van der Waals surface area contributed by atoms with Crippen molar-refractivity contribution in [2.24, 2.45) is 0 Å². The number of carbonyl (C=O) groups is 1. The maximum absolute atomic E-state index is 12.7. The summed E-state index contributed by atoms with van der Waals surface area (Å²) >= 11 is 0. The van der Waals surface area contributed by atoms with Crippen LogP contribution in [-0.2, 0) is 0 Å². The lowest BCUT2D eigenvalue weighted by Crippen LogP contribution is -2.14. The quantitative estimate of drug-likeness (QED) is 0.588. The van der Waals surface area contributed by atoms with Gasteiger partial charge in [-0.2, -0.15) is 0 Å². The molecule has 1 N–H and O–H groups in total. The van der Waals surface area contributed by atoms with E-state index >= 15 is 0 Å². The third kappa shape index (κ3) is 3.44. The molecule has 2 aromatic carbocycles. The number of aromatic nitrogens is 3. The first-order valence-corrected chi connectivity index (χ1v) is 9.01. The summed E-state index contributed by atoms with van der Waals surface area (Å²) in [6.07, 6.45) is 5.56. The molecule has 0 spiro atoms. The van der Waals surface area contributed by atoms with Crippen LogP contribution in [0.1, 0.15) is 15.9 Å². The molecule has 1 amide bonds. The monoisotopic (exact) mass is 371 g/mol. The number of anilines is 2. The fraction of sp³-hybridized carbons (Fsp3) is 0.136. The predicted molar refractivity (Wildman–Crippen MR) is 112 cm³/mol. The van der Waals surface area contributed by atoms with Crippen LogP contribution in [-0.4, -0.2) is 34.4 Å². The van der Waals surface area contributed by atoms with Crippen LogP contribution < -0.4 is 10.2 Å². The van der Waals surface area contributed by atoms with Crippen LogP contribution in [0.5, 0.6) is 0 Å². The number of hydrogen-bond acceptors (Lipinski definition) is 4. The summed E-state index contributed by atoms with van der Waals surface area (Å²) < 4.78 is 1.87. The Kier molecular flexibility index (Phi) is 4.53. The maximum Gasteiger partial charge on any atom is 0.255 e. The third-order valence-electron chi connectivity index (χ3n) is 4.66. The largest absolute Gasteiger partial charge is 0.378 e. The number of hydrogen-bond donors (Lipinski definition) is 1. The van der Waals surface area contributed by atoms with Gasteiger partial charge in [0.1, 0.15) is 0 Å². The molecule has 0 saturated heterocycles. The van der Waals surface area contributed by atoms with Crippen molar-refractivity contribution in [3.05, 3.63) is 78.2 Å². The summed E-state index contributed by atoms with van der Waals surface area (Å²) in [6, 6.07) is 15.3. The number of aryl methyl sites for hydroxylation is 1. The van der Waals surface area contributed by atoms with Gasteiger partial charge in [-0.25, -0.2) is 9.97 Å². The molecule has 2 aromatic heterocycles. The number of amides is 1. The smallest absolute Gasteiger partial charge is 0.255 e. The number of rotatable bonds is 4. The molecule has 0 radical (unpaired) electrons. The van der Waals surface area contributed by atoms with Gasteiger partial charge in [0.25, 0.3) is 5.91 Å². The molecule has 0 unspecified atom stereocenters. The molecule has 28 heavy (non-hydrogen) atoms. The molecule has 0 atom stereocenters. The van der Waals surface area contributed by atoms with Crippen molar-refractivity contribution in [2.45, 2.75) is 6.92 Å². The van der Waals surface area contributed by atoms with Crippen molar-refractivity contribution in [1.29, 1.82) is 0 Å². The molecule has 6 heteroatoms. The zero-order chi connectivity index (χ0) is 19.7. The Balaban J connectivity index is 1.61. The topological polar surface area (TPSA) is 62.5 Å². The van der Waals surface area contributed by atoms with Gasteiger partial charge in [0.05, 0.1) is 5.69 Å². The van der Waals surface area contributed by atoms with Gasteiger partial charge in [-0.05, 0) is 48.9 Å². The van der Waals surface area contributed by atoms with Gasteiger partial charge < -0.3 is 10.2 Å². The van der Waals surface area contributed by atoms with Crippen LogP contribution in [0, 0.1) is 6.92 Å². The lowest BCUT2D eigenvalue weighted by Gasteiger charge is -2.13. The maximum atomic E-state index is 12.7. The van der Waals surface area contributed by atoms with E-state index in [4.69, 9.17) is 0 Å². The molecular formula is C22H21N5O. The Morgan fingerprint density at radius 2 is 1.89 bits per heavy atom. The van der Waals surface area contributed by atoms with Gasteiger partial charge in [0.2, 0.25) is 5.78 Å². The van der Waals surface area contributed by atoms with E-state index < -0.39 is 0 Å². The standard InChI is InChI=1S/C22H21N5O/c1-15-5-6-17(20-14-27-12-4-11-23-22(27)25-20)13-19(15)24-21(28)16-7-9-18(10-8-16)26(2)3/h4-14H,1-3H3,(H,24,28). The lowest BCUT2D eigenvalue weighted by atomic mass is 10.1. The second-order valence-corrected chi connectivity index (χ2v) is 6.88. The molecule has 140 valence electrons. The zero-order valence-corrected chi connectivity index (χ0v) is 16.0. The lowest BCUT2D eigenvalue weighted by molar-refractivity contribution is 0.102. The zero-order valence-electron chi connectivity index (χ0n) is 16.0. The molecule has 2 heterocycles. The highest BCUT2D eigenvalue weighted by Gasteiger charge is 2.11. The highest BCUT2D eigenvalue weighted by Crippen LogP contribution is 2.25. The fourth-order valence-electron chi connectivity index (χ4n) is 2.99. The first-order valence-electron chi connectivity index (χ1n) is 9.01. The van der Waals surface area contributed by atoms with Gasteiger partial charge in [-0.1, -0.05) is 12.1 Å². The SMILES string of the molecule is Cc1ccc(-c2cn3cccnc3n2)cc1NC(=O)c1ccc(N(C)C)cc1. The normalized spacial score (nSPS) is 10.8. The van der Waals surface area contributed by atoms with Crippen LogP contribution in [0.4, 0.5) is 11.4 Å². The summed E-state index contributed by atoms with van der Waals surface area (Å²) in [5, 5.41) is 3.02. The van der Waals surface area contributed by atoms with Crippen molar-refractivity contribution in [1.82, 2.24) is 14.4 Å². The minimum Gasteiger partial charge on any atom is -0.378 e. The fourth-order valence-corrected chi connectivity index (χ4v) is 2.99. The van der Waals surface area contributed by atoms with Crippen molar-refractivity contribution in [2.75, 3.05) is 24.3 Å². The third-order valence-corrected chi connectivity index (χ3v) is 4.66. The molecular weight excluding hydrogens is 350 g/mol. The van der Waals surface area contributed by atoms with Crippen LogP contribution in [0.2, 0.25) is 0 Å². The molecule has 0 saturated carbocycles. The van der Waals surface area contributed by atoms with Crippen LogP contribution in [0.3, 0.4) is 0 Å². The molecule has 0 aliphatic rings. The van der Waals surface area contributed by atoms with E-state index in [1.165, 1.54) is 0 Å². The first-order chi connectivity index (χ1) is 13.5. The second-order valence-electron chi connectivity index (χ2n) is 6.88. The molecule has 0 fully saturated rings. The van der Waals surface area contributed by atoms with Crippen molar-refractivity contribution in [3.63, 3.8) is 0 Å². The molecule has 6 nitrogen and oxygen atoms in total. The van der Waals surface area contributed by atoms with Crippen molar-refractivity contribution in [3.8, 4) is 11.3 Å². The Morgan fingerprint density at radius 3 is 2.61 bits per heavy atom. The Labute approximate surface area is 163 Å². The number of nitrogens with zero attached hydrogens (tertiary/aromatic N) is 4.